The number of carbonyl (C=O) groups excluding carboxylic acids is 1. The Kier molecular flexibility index (Phi) is 4.69. The van der Waals surface area contributed by atoms with Crippen LogP contribution in [0.4, 0.5) is 10.5 Å². The van der Waals surface area contributed by atoms with Crippen LogP contribution in [-0.4, -0.2) is 11.0 Å². The van der Waals surface area contributed by atoms with Crippen LogP contribution in [0.3, 0.4) is 0 Å². The number of hydrogen-bond donors (Lipinski definition) is 1. The van der Waals surface area contributed by atoms with Crippen LogP contribution in [0.5, 0.6) is 0 Å². The van der Waals surface area contributed by atoms with E-state index in [1.165, 1.54) is 0 Å². The normalized spacial score (nSPS) is 20.0. The van der Waals surface area contributed by atoms with Crippen LogP contribution < -0.4 is 10.2 Å². The van der Waals surface area contributed by atoms with Gasteiger partial charge in [-0.2, -0.15) is 0 Å². The fraction of sp³-hybridized carbons (Fsp3) is 0.200. The van der Waals surface area contributed by atoms with Gasteiger partial charge in [0.05, 0.1) is 12.2 Å². The molecule has 3 aromatic rings. The Bertz CT molecular complexity index is 1150. The van der Waals surface area contributed by atoms with Crippen LogP contribution in [0, 0.1) is 17.8 Å². The van der Waals surface area contributed by atoms with Crippen LogP contribution in [-0.2, 0) is 12.1 Å². The predicted molar refractivity (Wildman–Crippen MR) is 118 cm³/mol. The zero-order chi connectivity index (χ0) is 20.6. The van der Waals surface area contributed by atoms with E-state index in [-0.39, 0.29) is 11.9 Å². The van der Waals surface area contributed by atoms with Gasteiger partial charge in [-0.1, -0.05) is 53.9 Å². The second-order valence-electron chi connectivity index (χ2n) is 7.71. The van der Waals surface area contributed by atoms with Gasteiger partial charge in [-0.25, -0.2) is 9.78 Å². The Hall–Kier alpha value is -3.29. The maximum absolute atomic E-state index is 13.3. The highest BCUT2D eigenvalue weighted by molar-refractivity contribution is 6.30. The molecule has 4 nitrogen and oxygen atoms in total. The number of carbonyl (C=O) groups is 1. The van der Waals surface area contributed by atoms with E-state index in [4.69, 9.17) is 11.6 Å². The molecule has 1 N–H and O–H groups in total. The minimum absolute atomic E-state index is 0.143. The summed E-state index contributed by atoms with van der Waals surface area (Å²) >= 11 is 6.40. The number of amides is 2. The van der Waals surface area contributed by atoms with Gasteiger partial charge in [0.25, 0.3) is 0 Å². The highest BCUT2D eigenvalue weighted by Gasteiger charge is 2.51. The molecule has 1 aliphatic heterocycles. The van der Waals surface area contributed by atoms with E-state index in [2.05, 4.69) is 22.1 Å². The van der Waals surface area contributed by atoms with Gasteiger partial charge < -0.3 is 5.32 Å². The molecule has 5 heteroatoms. The van der Waals surface area contributed by atoms with Crippen molar-refractivity contribution in [1.82, 2.24) is 10.3 Å². The van der Waals surface area contributed by atoms with Crippen molar-refractivity contribution in [3.05, 3.63) is 94.8 Å². The van der Waals surface area contributed by atoms with Gasteiger partial charge >= 0.3 is 6.03 Å². The van der Waals surface area contributed by atoms with Crippen molar-refractivity contribution in [1.29, 1.82) is 0 Å². The summed E-state index contributed by atoms with van der Waals surface area (Å²) in [7, 11) is 0. The first-order valence-electron chi connectivity index (χ1n) is 10.0. The molecule has 2 aliphatic rings. The number of hydrogen-bond acceptors (Lipinski definition) is 2. The molecule has 0 bridgehead atoms. The molecule has 1 fully saturated rings. The lowest BCUT2D eigenvalue weighted by Crippen LogP contribution is -2.56. The number of nitrogens with one attached hydrogen (secondary N) is 1. The molecule has 0 saturated heterocycles. The number of halogens is 1. The molecule has 1 atom stereocenters. The van der Waals surface area contributed by atoms with Crippen LogP contribution in [0.1, 0.15) is 29.7 Å². The van der Waals surface area contributed by atoms with Crippen molar-refractivity contribution in [2.75, 3.05) is 4.90 Å². The zero-order valence-corrected chi connectivity index (χ0v) is 17.1. The largest absolute Gasteiger partial charge is 0.323 e. The van der Waals surface area contributed by atoms with Crippen molar-refractivity contribution >= 4 is 23.3 Å². The summed E-state index contributed by atoms with van der Waals surface area (Å²) in [5.74, 6) is 6.82. The standard InChI is InChI=1S/C25H20ClN3O/c26-20-11-12-23-22(16-20)25(19-9-10-19,14-13-21-8-4-5-15-27-21)28-24(30)29(23)17-18-6-2-1-3-7-18/h1-8,11-12,15-16,19H,9-10,17H2,(H,28,30)/t25-/m1/s1. The van der Waals surface area contributed by atoms with Crippen LogP contribution in [0.15, 0.2) is 72.9 Å². The summed E-state index contributed by atoms with van der Waals surface area (Å²) in [5.41, 5.74) is 2.79. The lowest BCUT2D eigenvalue weighted by molar-refractivity contribution is 0.231. The van der Waals surface area contributed by atoms with E-state index in [0.29, 0.717) is 17.3 Å². The fourth-order valence-electron chi connectivity index (χ4n) is 4.03. The van der Waals surface area contributed by atoms with E-state index in [1.807, 2.05) is 66.7 Å². The molecule has 2 amide bonds. The van der Waals surface area contributed by atoms with E-state index < -0.39 is 5.54 Å². The second kappa shape index (κ2) is 7.51. The molecule has 1 saturated carbocycles. The number of rotatable bonds is 3. The molecule has 5 rings (SSSR count). The first-order valence-corrected chi connectivity index (χ1v) is 10.4. The summed E-state index contributed by atoms with van der Waals surface area (Å²) in [4.78, 5) is 19.4. The van der Waals surface area contributed by atoms with Crippen molar-refractivity contribution < 1.29 is 4.79 Å². The average Bonchev–Trinajstić information content (AvgIpc) is 3.62. The lowest BCUT2D eigenvalue weighted by Gasteiger charge is -2.41. The summed E-state index contributed by atoms with van der Waals surface area (Å²) in [6, 6.07) is 21.2. The molecule has 2 aromatic carbocycles. The molecule has 0 spiro atoms. The zero-order valence-electron chi connectivity index (χ0n) is 16.3. The van der Waals surface area contributed by atoms with E-state index in [9.17, 15) is 4.79 Å². The third-order valence-electron chi connectivity index (χ3n) is 5.65. The number of fused-ring (bicyclic) bond motifs is 1. The third-order valence-corrected chi connectivity index (χ3v) is 5.88. The van der Waals surface area contributed by atoms with Gasteiger partial charge in [0.1, 0.15) is 11.2 Å². The molecule has 1 aliphatic carbocycles. The highest BCUT2D eigenvalue weighted by atomic mass is 35.5. The Morgan fingerprint density at radius 2 is 1.90 bits per heavy atom. The topological polar surface area (TPSA) is 45.2 Å². The van der Waals surface area contributed by atoms with Crippen molar-refractivity contribution in [2.45, 2.75) is 24.9 Å². The van der Waals surface area contributed by atoms with Gasteiger partial charge in [-0.05, 0) is 60.6 Å². The van der Waals surface area contributed by atoms with Crippen molar-refractivity contribution in [3.8, 4) is 11.8 Å². The van der Waals surface area contributed by atoms with Gasteiger partial charge in [0.2, 0.25) is 0 Å². The monoisotopic (exact) mass is 413 g/mol. The molecular formula is C25H20ClN3O. The first-order chi connectivity index (χ1) is 14.7. The van der Waals surface area contributed by atoms with Crippen LogP contribution >= 0.6 is 11.6 Å². The average molecular weight is 414 g/mol. The van der Waals surface area contributed by atoms with Gasteiger partial charge in [0.15, 0.2) is 0 Å². The number of benzene rings is 2. The smallest absolute Gasteiger partial charge is 0.317 e. The Morgan fingerprint density at radius 1 is 1.10 bits per heavy atom. The van der Waals surface area contributed by atoms with E-state index in [0.717, 1.165) is 29.7 Å². The predicted octanol–water partition coefficient (Wildman–Crippen LogP) is 5.12. The maximum atomic E-state index is 13.3. The quantitative estimate of drug-likeness (QED) is 0.605. The van der Waals surface area contributed by atoms with E-state index in [1.54, 1.807) is 11.1 Å². The molecule has 0 radical (unpaired) electrons. The molecule has 0 unspecified atom stereocenters. The summed E-state index contributed by atoms with van der Waals surface area (Å²) in [6.07, 6.45) is 3.75. The van der Waals surface area contributed by atoms with Gasteiger partial charge in [-0.15, -0.1) is 0 Å². The van der Waals surface area contributed by atoms with E-state index >= 15 is 0 Å². The summed E-state index contributed by atoms with van der Waals surface area (Å²) in [6.45, 7) is 0.482. The van der Waals surface area contributed by atoms with Crippen LogP contribution in [0.2, 0.25) is 5.02 Å². The number of anilines is 1. The molecule has 30 heavy (non-hydrogen) atoms. The summed E-state index contributed by atoms with van der Waals surface area (Å²) < 4.78 is 0. The van der Waals surface area contributed by atoms with Gasteiger partial charge in [0, 0.05) is 16.8 Å². The summed E-state index contributed by atoms with van der Waals surface area (Å²) in [5, 5.41) is 3.88. The van der Waals surface area contributed by atoms with Crippen molar-refractivity contribution in [2.24, 2.45) is 5.92 Å². The second-order valence-corrected chi connectivity index (χ2v) is 8.15. The third kappa shape index (κ3) is 3.42. The number of urea groups is 1. The lowest BCUT2D eigenvalue weighted by atomic mass is 9.82. The molecule has 2 heterocycles. The molecular weight excluding hydrogens is 394 g/mol. The highest BCUT2D eigenvalue weighted by Crippen LogP contribution is 2.50. The minimum Gasteiger partial charge on any atom is -0.317 e. The molecule has 1 aromatic heterocycles. The fourth-order valence-corrected chi connectivity index (χ4v) is 4.21. The Morgan fingerprint density at radius 3 is 2.63 bits per heavy atom. The minimum atomic E-state index is -0.762. The number of nitrogens with zero attached hydrogens (tertiary/aromatic N) is 2. The number of aromatic nitrogens is 1. The number of pyridine rings is 1. The van der Waals surface area contributed by atoms with Crippen LogP contribution in [0.25, 0.3) is 0 Å². The SMILES string of the molecule is O=C1N[C@](C#Cc2ccccn2)(C2CC2)c2cc(Cl)ccc2N1Cc1ccccc1. The first kappa shape index (κ1) is 18.7. The Labute approximate surface area is 180 Å². The van der Waals surface area contributed by atoms with Gasteiger partial charge in [-0.3, -0.25) is 4.90 Å². The maximum Gasteiger partial charge on any atom is 0.323 e. The van der Waals surface area contributed by atoms with Crippen molar-refractivity contribution in [3.63, 3.8) is 0 Å². The Balaban J connectivity index is 1.62. The molecule has 148 valence electrons.